The van der Waals surface area contributed by atoms with Crippen LogP contribution < -0.4 is 15.5 Å². The highest BCUT2D eigenvalue weighted by Gasteiger charge is 2.27. The molecule has 2 saturated heterocycles. The number of nitrogens with one attached hydrogen (secondary N) is 2. The first-order valence-corrected chi connectivity index (χ1v) is 15.1. The topological polar surface area (TPSA) is 86.7 Å². The van der Waals surface area contributed by atoms with Crippen LogP contribution in [0, 0.1) is 20.8 Å². The van der Waals surface area contributed by atoms with E-state index in [0.717, 1.165) is 78.8 Å². The lowest BCUT2D eigenvalue weighted by Gasteiger charge is -2.31. The minimum Gasteiger partial charge on any atom is -0.369 e. The molecule has 0 bridgehead atoms. The minimum absolute atomic E-state index is 0.106. The molecule has 8 nitrogen and oxygen atoms in total. The van der Waals surface area contributed by atoms with Crippen LogP contribution in [0.15, 0.2) is 41.4 Å². The molecule has 0 saturated carbocycles. The molecule has 1 unspecified atom stereocenters. The van der Waals surface area contributed by atoms with E-state index in [1.54, 1.807) is 16.4 Å². The second-order valence-electron chi connectivity index (χ2n) is 10.7. The van der Waals surface area contributed by atoms with Crippen molar-refractivity contribution in [1.29, 1.82) is 0 Å². The molecular weight excluding hydrogens is 498 g/mol. The Labute approximate surface area is 226 Å². The highest BCUT2D eigenvalue weighted by atomic mass is 32.2. The van der Waals surface area contributed by atoms with E-state index in [4.69, 9.17) is 0 Å². The molecule has 2 aliphatic rings. The number of sulfonamides is 1. The molecule has 2 N–H and O–H groups in total. The molecule has 5 rings (SSSR count). The number of hydrogen-bond acceptors (Lipinski definition) is 5. The Morgan fingerprint density at radius 2 is 1.63 bits per heavy atom. The molecule has 9 heteroatoms. The van der Waals surface area contributed by atoms with Gasteiger partial charge in [0.15, 0.2) is 0 Å². The fourth-order valence-corrected chi connectivity index (χ4v) is 7.27. The molecule has 1 atom stereocenters. The van der Waals surface area contributed by atoms with Crippen LogP contribution in [0.3, 0.4) is 0 Å². The Morgan fingerprint density at radius 3 is 2.34 bits per heavy atom. The normalized spacial score (nSPS) is 18.1. The molecule has 2 aromatic carbocycles. The summed E-state index contributed by atoms with van der Waals surface area (Å²) in [6.07, 6.45) is 4.83. The monoisotopic (exact) mass is 537 g/mol. The maximum atomic E-state index is 13.5. The van der Waals surface area contributed by atoms with E-state index in [0.29, 0.717) is 18.0 Å². The van der Waals surface area contributed by atoms with Crippen LogP contribution in [-0.4, -0.2) is 62.5 Å². The zero-order valence-electron chi connectivity index (χ0n) is 22.9. The highest BCUT2D eigenvalue weighted by Crippen LogP contribution is 2.31. The first-order valence-electron chi connectivity index (χ1n) is 13.7. The number of carbonyl (C=O) groups is 1. The lowest BCUT2D eigenvalue weighted by molar-refractivity contribution is -0.118. The summed E-state index contributed by atoms with van der Waals surface area (Å²) in [6, 6.07) is 9.03. The number of carbonyl (C=O) groups excluding carboxylic acids is 1. The Kier molecular flexibility index (Phi) is 7.53. The first-order chi connectivity index (χ1) is 18.2. The van der Waals surface area contributed by atoms with Crippen LogP contribution in [0.25, 0.3) is 10.9 Å². The molecule has 0 aliphatic carbocycles. The quantitative estimate of drug-likeness (QED) is 0.488. The van der Waals surface area contributed by atoms with E-state index in [9.17, 15) is 13.2 Å². The van der Waals surface area contributed by atoms with E-state index in [-0.39, 0.29) is 5.91 Å². The number of aromatic nitrogens is 1. The largest absolute Gasteiger partial charge is 0.369 e. The SMILES string of the molecule is Cc1cc(C)c(N2CCNCC2)cc1NC(=O)C(C)n1cc(C)c2cc(S(=O)(=O)N3CCCCC3)ccc21. The third kappa shape index (κ3) is 5.07. The molecule has 3 heterocycles. The molecule has 3 aromatic rings. The fraction of sp³-hybridized carbons (Fsp3) is 0.483. The van der Waals surface area contributed by atoms with Gasteiger partial charge in [0.05, 0.1) is 4.90 Å². The summed E-state index contributed by atoms with van der Waals surface area (Å²) in [7, 11) is -3.52. The predicted octanol–water partition coefficient (Wildman–Crippen LogP) is 4.35. The van der Waals surface area contributed by atoms with E-state index in [2.05, 4.69) is 34.6 Å². The second kappa shape index (κ2) is 10.7. The number of hydrogen-bond donors (Lipinski definition) is 2. The molecule has 0 spiro atoms. The van der Waals surface area contributed by atoms with Crippen LogP contribution in [-0.2, 0) is 14.8 Å². The standard InChI is InChI=1S/C29H39N5O3S/c1-20-16-21(2)28(32-14-10-30-11-15-32)18-26(20)31-29(35)23(4)34-19-22(3)25-17-24(8-9-27(25)34)38(36,37)33-12-6-5-7-13-33/h8-9,16-19,23,30H,5-7,10-15H2,1-4H3,(H,31,35). The van der Waals surface area contributed by atoms with E-state index >= 15 is 0 Å². The van der Waals surface area contributed by atoms with Crippen molar-refractivity contribution >= 4 is 38.2 Å². The van der Waals surface area contributed by atoms with Crippen molar-refractivity contribution in [3.8, 4) is 0 Å². The average molecular weight is 538 g/mol. The van der Waals surface area contributed by atoms with Crippen molar-refractivity contribution < 1.29 is 13.2 Å². The number of rotatable bonds is 6. The number of aryl methyl sites for hydroxylation is 3. The van der Waals surface area contributed by atoms with Crippen LogP contribution in [0.1, 0.15) is 48.9 Å². The maximum absolute atomic E-state index is 13.5. The van der Waals surface area contributed by atoms with Crippen LogP contribution in [0.2, 0.25) is 0 Å². The lowest BCUT2D eigenvalue weighted by Crippen LogP contribution is -2.43. The Hall–Kier alpha value is -2.88. The van der Waals surface area contributed by atoms with E-state index in [1.807, 2.05) is 37.6 Å². The predicted molar refractivity (Wildman–Crippen MR) is 154 cm³/mol. The van der Waals surface area contributed by atoms with Crippen LogP contribution in [0.4, 0.5) is 11.4 Å². The zero-order valence-corrected chi connectivity index (χ0v) is 23.7. The van der Waals surface area contributed by atoms with Gasteiger partial charge in [0.25, 0.3) is 0 Å². The molecule has 2 fully saturated rings. The number of piperazine rings is 1. The molecule has 204 valence electrons. The third-order valence-corrected chi connectivity index (χ3v) is 9.91. The minimum atomic E-state index is -3.52. The van der Waals surface area contributed by atoms with Crippen molar-refractivity contribution in [2.24, 2.45) is 0 Å². The number of anilines is 2. The van der Waals surface area contributed by atoms with Crippen LogP contribution >= 0.6 is 0 Å². The smallest absolute Gasteiger partial charge is 0.247 e. The summed E-state index contributed by atoms with van der Waals surface area (Å²) in [5.41, 5.74) is 6.02. The van der Waals surface area contributed by atoms with Gasteiger partial charge in [-0.2, -0.15) is 4.31 Å². The summed E-state index contributed by atoms with van der Waals surface area (Å²) < 4.78 is 30.0. The molecule has 2 aliphatic heterocycles. The van der Waals surface area contributed by atoms with Gasteiger partial charge in [-0.15, -0.1) is 0 Å². The molecule has 1 aromatic heterocycles. The maximum Gasteiger partial charge on any atom is 0.247 e. The first kappa shape index (κ1) is 26.7. The van der Waals surface area contributed by atoms with Crippen molar-refractivity contribution in [3.05, 3.63) is 53.2 Å². The highest BCUT2D eigenvalue weighted by molar-refractivity contribution is 7.89. The Bertz CT molecular complexity index is 1450. The van der Waals surface area contributed by atoms with Crippen molar-refractivity contribution in [2.75, 3.05) is 49.5 Å². The number of amides is 1. The molecule has 0 radical (unpaired) electrons. The second-order valence-corrected chi connectivity index (χ2v) is 12.7. The number of piperidine rings is 1. The summed E-state index contributed by atoms with van der Waals surface area (Å²) in [5, 5.41) is 7.41. The van der Waals surface area contributed by atoms with Gasteiger partial charge in [0.1, 0.15) is 6.04 Å². The van der Waals surface area contributed by atoms with Gasteiger partial charge in [-0.25, -0.2) is 8.42 Å². The van der Waals surface area contributed by atoms with Gasteiger partial charge < -0.3 is 20.1 Å². The summed E-state index contributed by atoms with van der Waals surface area (Å²) >= 11 is 0. The van der Waals surface area contributed by atoms with Gasteiger partial charge in [-0.3, -0.25) is 4.79 Å². The number of fused-ring (bicyclic) bond motifs is 1. The fourth-order valence-electron chi connectivity index (χ4n) is 5.72. The summed E-state index contributed by atoms with van der Waals surface area (Å²) in [6.45, 7) is 12.9. The molecule has 1 amide bonds. The van der Waals surface area contributed by atoms with Gasteiger partial charge in [-0.05, 0) is 81.5 Å². The van der Waals surface area contributed by atoms with Gasteiger partial charge in [0, 0.05) is 67.7 Å². The van der Waals surface area contributed by atoms with Crippen molar-refractivity contribution in [3.63, 3.8) is 0 Å². The summed E-state index contributed by atoms with van der Waals surface area (Å²) in [5.74, 6) is -0.106. The molecular formula is C29H39N5O3S. The van der Waals surface area contributed by atoms with E-state index in [1.165, 1.54) is 5.56 Å². The lowest BCUT2D eigenvalue weighted by atomic mass is 10.1. The van der Waals surface area contributed by atoms with Crippen molar-refractivity contribution in [1.82, 2.24) is 14.2 Å². The zero-order chi connectivity index (χ0) is 27.0. The Balaban J connectivity index is 1.40. The molecule has 38 heavy (non-hydrogen) atoms. The van der Waals surface area contributed by atoms with Gasteiger partial charge in [0.2, 0.25) is 15.9 Å². The van der Waals surface area contributed by atoms with Gasteiger partial charge >= 0.3 is 0 Å². The summed E-state index contributed by atoms with van der Waals surface area (Å²) in [4.78, 5) is 16.1. The number of nitrogens with zero attached hydrogens (tertiary/aromatic N) is 3. The van der Waals surface area contributed by atoms with Gasteiger partial charge in [-0.1, -0.05) is 12.5 Å². The van der Waals surface area contributed by atoms with Crippen LogP contribution in [0.5, 0.6) is 0 Å². The van der Waals surface area contributed by atoms with E-state index < -0.39 is 16.1 Å². The number of benzene rings is 2. The average Bonchev–Trinajstić information content (AvgIpc) is 3.26. The Morgan fingerprint density at radius 1 is 0.921 bits per heavy atom. The van der Waals surface area contributed by atoms with Crippen molar-refractivity contribution in [2.45, 2.75) is 57.9 Å². The third-order valence-electron chi connectivity index (χ3n) is 8.01.